The normalized spacial score (nSPS) is 11.3. The molecule has 0 aromatic heterocycles. The van der Waals surface area contributed by atoms with Crippen LogP contribution < -0.4 is 15.4 Å². The fraction of sp³-hybridized carbons (Fsp3) is 0.467. The predicted octanol–water partition coefficient (Wildman–Crippen LogP) is 1.82. The summed E-state index contributed by atoms with van der Waals surface area (Å²) in [6.07, 6.45) is 0.196. The molecule has 0 aliphatic heterocycles. The Bertz CT molecular complexity index is 551. The van der Waals surface area contributed by atoms with Crippen molar-refractivity contribution >= 4 is 11.9 Å². The number of carbonyl (C=O) groups excluding carboxylic acids is 1. The van der Waals surface area contributed by atoms with Crippen LogP contribution in [0.25, 0.3) is 0 Å². The van der Waals surface area contributed by atoms with Crippen LogP contribution in [-0.2, 0) is 16.1 Å². The lowest BCUT2D eigenvalue weighted by molar-refractivity contribution is -0.140. The highest BCUT2D eigenvalue weighted by Gasteiger charge is 2.10. The minimum Gasteiger partial charge on any atom is -0.469 e. The van der Waals surface area contributed by atoms with E-state index >= 15 is 0 Å². The van der Waals surface area contributed by atoms with E-state index in [1.807, 2.05) is 6.92 Å². The van der Waals surface area contributed by atoms with Crippen LogP contribution >= 0.6 is 0 Å². The average Bonchev–Trinajstić information content (AvgIpc) is 2.52. The molecule has 0 amide bonds. The summed E-state index contributed by atoms with van der Waals surface area (Å²) in [7, 11) is 2.89. The first kappa shape index (κ1) is 18.7. The highest BCUT2D eigenvalue weighted by molar-refractivity contribution is 5.80. The van der Waals surface area contributed by atoms with Crippen molar-refractivity contribution in [3.63, 3.8) is 0 Å². The van der Waals surface area contributed by atoms with Gasteiger partial charge in [0.05, 0.1) is 13.5 Å². The van der Waals surface area contributed by atoms with Crippen LogP contribution in [0.5, 0.6) is 5.75 Å². The maximum atomic E-state index is 12.4. The van der Waals surface area contributed by atoms with Crippen molar-refractivity contribution in [3.05, 3.63) is 29.3 Å². The van der Waals surface area contributed by atoms with Gasteiger partial charge in [0.1, 0.15) is 5.75 Å². The van der Waals surface area contributed by atoms with Gasteiger partial charge in [-0.15, -0.1) is 0 Å². The third kappa shape index (κ3) is 6.94. The Labute approximate surface area is 133 Å². The smallest absolute Gasteiger partial charge is 0.387 e. The van der Waals surface area contributed by atoms with Gasteiger partial charge >= 0.3 is 12.6 Å². The highest BCUT2D eigenvalue weighted by atomic mass is 19.3. The number of aryl methyl sites for hydroxylation is 1. The van der Waals surface area contributed by atoms with Gasteiger partial charge < -0.3 is 20.1 Å². The molecule has 1 aromatic carbocycles. The van der Waals surface area contributed by atoms with E-state index in [-0.39, 0.29) is 24.7 Å². The molecule has 0 spiro atoms. The maximum Gasteiger partial charge on any atom is 0.387 e. The summed E-state index contributed by atoms with van der Waals surface area (Å²) >= 11 is 0. The average molecular weight is 329 g/mol. The third-order valence-corrected chi connectivity index (χ3v) is 2.95. The quantitative estimate of drug-likeness (QED) is 0.454. The zero-order chi connectivity index (χ0) is 17.2. The van der Waals surface area contributed by atoms with Gasteiger partial charge in [0.2, 0.25) is 0 Å². The molecule has 8 heteroatoms. The number of guanidine groups is 1. The van der Waals surface area contributed by atoms with Gasteiger partial charge in [-0.3, -0.25) is 9.79 Å². The van der Waals surface area contributed by atoms with Gasteiger partial charge in [0, 0.05) is 25.7 Å². The summed E-state index contributed by atoms with van der Waals surface area (Å²) in [6.45, 7) is -0.421. The molecule has 0 bridgehead atoms. The van der Waals surface area contributed by atoms with Crippen molar-refractivity contribution in [3.8, 4) is 5.75 Å². The van der Waals surface area contributed by atoms with E-state index < -0.39 is 6.61 Å². The molecule has 1 aromatic rings. The van der Waals surface area contributed by atoms with Gasteiger partial charge in [-0.05, 0) is 13.0 Å². The number of rotatable bonds is 7. The highest BCUT2D eigenvalue weighted by Crippen LogP contribution is 2.21. The molecule has 0 heterocycles. The van der Waals surface area contributed by atoms with Crippen molar-refractivity contribution in [1.82, 2.24) is 10.6 Å². The SMILES string of the molecule is CN=C(NCCC(=O)OC)NCc1cc(C)ccc1OC(F)F. The molecule has 0 atom stereocenters. The molecule has 2 N–H and O–H groups in total. The molecule has 0 unspecified atom stereocenters. The number of hydrogen-bond acceptors (Lipinski definition) is 4. The van der Waals surface area contributed by atoms with E-state index in [1.165, 1.54) is 13.2 Å². The number of esters is 1. The third-order valence-electron chi connectivity index (χ3n) is 2.95. The van der Waals surface area contributed by atoms with Gasteiger partial charge in [-0.1, -0.05) is 17.7 Å². The number of nitrogens with one attached hydrogen (secondary N) is 2. The molecule has 0 radical (unpaired) electrons. The fourth-order valence-corrected chi connectivity index (χ4v) is 1.84. The number of hydrogen-bond donors (Lipinski definition) is 2. The standard InChI is InChI=1S/C15H21F2N3O3/c1-10-4-5-12(23-14(16)17)11(8-10)9-20-15(18-2)19-7-6-13(21)22-3/h4-5,8,14H,6-7,9H2,1-3H3,(H2,18,19,20). The summed E-state index contributed by atoms with van der Waals surface area (Å²) < 4.78 is 33.9. The van der Waals surface area contributed by atoms with Crippen molar-refractivity contribution in [2.45, 2.75) is 26.5 Å². The van der Waals surface area contributed by atoms with Crippen LogP contribution in [0.2, 0.25) is 0 Å². The first-order valence-corrected chi connectivity index (χ1v) is 7.02. The zero-order valence-corrected chi connectivity index (χ0v) is 13.4. The number of methoxy groups -OCH3 is 1. The van der Waals surface area contributed by atoms with Crippen molar-refractivity contribution in [1.29, 1.82) is 0 Å². The zero-order valence-electron chi connectivity index (χ0n) is 13.4. The molecule has 23 heavy (non-hydrogen) atoms. The van der Waals surface area contributed by atoms with Gasteiger partial charge in [-0.25, -0.2) is 0 Å². The molecule has 0 fully saturated rings. The monoisotopic (exact) mass is 329 g/mol. The van der Waals surface area contributed by atoms with Crippen LogP contribution in [0.3, 0.4) is 0 Å². The summed E-state index contributed by atoms with van der Waals surface area (Å²) in [5.74, 6) is 0.223. The van der Waals surface area contributed by atoms with Crippen LogP contribution in [0, 0.1) is 6.92 Å². The Hall–Kier alpha value is -2.38. The Balaban J connectivity index is 2.61. The van der Waals surface area contributed by atoms with Gasteiger partial charge in [-0.2, -0.15) is 8.78 Å². The number of alkyl halides is 2. The van der Waals surface area contributed by atoms with E-state index in [9.17, 15) is 13.6 Å². The predicted molar refractivity (Wildman–Crippen MR) is 82.6 cm³/mol. The number of benzene rings is 1. The number of nitrogens with zero attached hydrogens (tertiary/aromatic N) is 1. The molecule has 0 aliphatic carbocycles. The first-order valence-electron chi connectivity index (χ1n) is 7.02. The van der Waals surface area contributed by atoms with Crippen LogP contribution in [0.1, 0.15) is 17.5 Å². The van der Waals surface area contributed by atoms with E-state index in [1.54, 1.807) is 19.2 Å². The van der Waals surface area contributed by atoms with Crippen molar-refractivity contribution < 1.29 is 23.0 Å². The van der Waals surface area contributed by atoms with E-state index in [2.05, 4.69) is 25.1 Å². The van der Waals surface area contributed by atoms with E-state index in [4.69, 9.17) is 0 Å². The topological polar surface area (TPSA) is 72.0 Å². The van der Waals surface area contributed by atoms with Crippen LogP contribution in [0.15, 0.2) is 23.2 Å². The molecule has 0 saturated heterocycles. The summed E-state index contributed by atoms with van der Waals surface area (Å²) in [6, 6.07) is 4.96. The number of halogens is 2. The summed E-state index contributed by atoms with van der Waals surface area (Å²) in [5, 5.41) is 5.91. The molecular weight excluding hydrogens is 308 g/mol. The Kier molecular flexibility index (Phi) is 7.79. The summed E-state index contributed by atoms with van der Waals surface area (Å²) in [5.41, 5.74) is 1.51. The fourth-order valence-electron chi connectivity index (χ4n) is 1.84. The van der Waals surface area contributed by atoms with E-state index in [0.29, 0.717) is 18.1 Å². The number of aliphatic imine (C=N–C) groups is 1. The molecule has 0 aliphatic rings. The van der Waals surface area contributed by atoms with Crippen LogP contribution in [-0.4, -0.2) is 39.2 Å². The Morgan fingerprint density at radius 3 is 2.70 bits per heavy atom. The largest absolute Gasteiger partial charge is 0.469 e. The molecule has 128 valence electrons. The number of carbonyl (C=O) groups is 1. The second-order valence-electron chi connectivity index (χ2n) is 4.67. The lowest BCUT2D eigenvalue weighted by Crippen LogP contribution is -2.38. The lowest BCUT2D eigenvalue weighted by Gasteiger charge is -2.15. The lowest BCUT2D eigenvalue weighted by atomic mass is 10.1. The first-order chi connectivity index (χ1) is 11.0. The molecule has 1 rings (SSSR count). The second-order valence-corrected chi connectivity index (χ2v) is 4.67. The van der Waals surface area contributed by atoms with Crippen molar-refractivity contribution in [2.75, 3.05) is 20.7 Å². The Morgan fingerprint density at radius 1 is 1.35 bits per heavy atom. The molecular formula is C15H21F2N3O3. The minimum absolute atomic E-state index is 0.114. The van der Waals surface area contributed by atoms with E-state index in [0.717, 1.165) is 5.56 Å². The molecule has 0 saturated carbocycles. The maximum absolute atomic E-state index is 12.4. The number of ether oxygens (including phenoxy) is 2. The van der Waals surface area contributed by atoms with Gasteiger partial charge in [0.15, 0.2) is 5.96 Å². The van der Waals surface area contributed by atoms with Gasteiger partial charge in [0.25, 0.3) is 0 Å². The second kappa shape index (κ2) is 9.60. The van der Waals surface area contributed by atoms with Crippen LogP contribution in [0.4, 0.5) is 8.78 Å². The minimum atomic E-state index is -2.88. The Morgan fingerprint density at radius 2 is 2.09 bits per heavy atom. The van der Waals surface area contributed by atoms with Crippen molar-refractivity contribution in [2.24, 2.45) is 4.99 Å². The summed E-state index contributed by atoms with van der Waals surface area (Å²) in [4.78, 5) is 15.0. The molecule has 6 nitrogen and oxygen atoms in total.